The Balaban J connectivity index is 1.97. The molecule has 5 nitrogen and oxygen atoms in total. The molecule has 0 radical (unpaired) electrons. The minimum atomic E-state index is 0.00619. The first-order chi connectivity index (χ1) is 10.2. The van der Waals surface area contributed by atoms with Gasteiger partial charge in [0.15, 0.2) is 0 Å². The highest BCUT2D eigenvalue weighted by Gasteiger charge is 2.34. The summed E-state index contributed by atoms with van der Waals surface area (Å²) in [4.78, 5) is 8.72. The molecule has 1 aliphatic rings. The Morgan fingerprint density at radius 3 is 2.90 bits per heavy atom. The largest absolute Gasteiger partial charge is 0.478 e. The number of nitrogens with one attached hydrogen (secondary N) is 1. The van der Waals surface area contributed by atoms with E-state index in [2.05, 4.69) is 36.1 Å². The highest BCUT2D eigenvalue weighted by Crippen LogP contribution is 2.32. The third kappa shape index (κ3) is 4.30. The Hall–Kier alpha value is -1.36. The Kier molecular flexibility index (Phi) is 5.79. The van der Waals surface area contributed by atoms with Crippen LogP contribution < -0.4 is 10.1 Å². The van der Waals surface area contributed by atoms with Gasteiger partial charge in [-0.1, -0.05) is 20.8 Å². The lowest BCUT2D eigenvalue weighted by Crippen LogP contribution is -2.43. The molecule has 0 aliphatic carbocycles. The molecule has 2 heterocycles. The fourth-order valence-electron chi connectivity index (χ4n) is 2.78. The van der Waals surface area contributed by atoms with Gasteiger partial charge in [0.2, 0.25) is 11.8 Å². The van der Waals surface area contributed by atoms with Gasteiger partial charge >= 0.3 is 0 Å². The molecule has 1 unspecified atom stereocenters. The summed E-state index contributed by atoms with van der Waals surface area (Å²) in [5.41, 5.74) is 0.00619. The number of anilines is 1. The molecule has 1 aromatic rings. The molecule has 0 spiro atoms. The van der Waals surface area contributed by atoms with Crippen LogP contribution in [0.2, 0.25) is 0 Å². The van der Waals surface area contributed by atoms with E-state index < -0.39 is 0 Å². The van der Waals surface area contributed by atoms with E-state index >= 15 is 0 Å². The second kappa shape index (κ2) is 7.59. The molecule has 1 atom stereocenters. The zero-order valence-corrected chi connectivity index (χ0v) is 13.4. The molecule has 0 amide bonds. The van der Waals surface area contributed by atoms with E-state index in [1.165, 1.54) is 0 Å². The maximum atomic E-state index is 6.00. The van der Waals surface area contributed by atoms with E-state index in [9.17, 15) is 0 Å². The van der Waals surface area contributed by atoms with Crippen LogP contribution in [-0.4, -0.2) is 34.8 Å². The predicted molar refractivity (Wildman–Crippen MR) is 83.7 cm³/mol. The van der Waals surface area contributed by atoms with Crippen LogP contribution in [0.5, 0.6) is 5.88 Å². The normalized spacial score (nSPS) is 21.0. The number of aromatic nitrogens is 2. The van der Waals surface area contributed by atoms with Crippen LogP contribution in [0.1, 0.15) is 52.9 Å². The van der Waals surface area contributed by atoms with Crippen molar-refractivity contribution in [2.75, 3.05) is 18.5 Å². The van der Waals surface area contributed by atoms with Gasteiger partial charge in [0.25, 0.3) is 0 Å². The minimum absolute atomic E-state index is 0.00619. The van der Waals surface area contributed by atoms with Gasteiger partial charge in [-0.3, -0.25) is 0 Å². The molecular weight excluding hydrogens is 266 g/mol. The summed E-state index contributed by atoms with van der Waals surface area (Å²) < 4.78 is 11.6. The van der Waals surface area contributed by atoms with Gasteiger partial charge in [0.1, 0.15) is 0 Å². The smallest absolute Gasteiger partial charge is 0.226 e. The van der Waals surface area contributed by atoms with Crippen LogP contribution in [-0.2, 0) is 4.74 Å². The van der Waals surface area contributed by atoms with Crippen molar-refractivity contribution in [3.63, 3.8) is 0 Å². The SMILES string of the molecule is CCCOc1ccnc(NC2CCOC(CC)(CC)C2)n1. The van der Waals surface area contributed by atoms with Gasteiger partial charge in [-0.15, -0.1) is 0 Å². The van der Waals surface area contributed by atoms with Crippen LogP contribution in [0.3, 0.4) is 0 Å². The fraction of sp³-hybridized carbons (Fsp3) is 0.750. The average Bonchev–Trinajstić information content (AvgIpc) is 2.53. The molecule has 1 N–H and O–H groups in total. The Bertz CT molecular complexity index is 435. The van der Waals surface area contributed by atoms with Gasteiger partial charge in [-0.05, 0) is 32.1 Å². The third-order valence-corrected chi connectivity index (χ3v) is 4.20. The Morgan fingerprint density at radius 1 is 1.38 bits per heavy atom. The molecule has 1 aromatic heterocycles. The van der Waals surface area contributed by atoms with E-state index in [0.29, 0.717) is 24.5 Å². The lowest BCUT2D eigenvalue weighted by Gasteiger charge is -2.40. The zero-order valence-electron chi connectivity index (χ0n) is 13.4. The molecule has 5 heteroatoms. The first-order valence-electron chi connectivity index (χ1n) is 8.07. The minimum Gasteiger partial charge on any atom is -0.478 e. The van der Waals surface area contributed by atoms with E-state index in [1.807, 2.05) is 0 Å². The summed E-state index contributed by atoms with van der Waals surface area (Å²) >= 11 is 0. The average molecular weight is 293 g/mol. The number of hydrogen-bond donors (Lipinski definition) is 1. The molecular formula is C16H27N3O2. The topological polar surface area (TPSA) is 56.3 Å². The van der Waals surface area contributed by atoms with Crippen LogP contribution in [0.4, 0.5) is 5.95 Å². The van der Waals surface area contributed by atoms with Crippen LogP contribution in [0.15, 0.2) is 12.3 Å². The van der Waals surface area contributed by atoms with E-state index in [1.54, 1.807) is 12.3 Å². The summed E-state index contributed by atoms with van der Waals surface area (Å²) in [5.74, 6) is 1.29. The van der Waals surface area contributed by atoms with Crippen molar-refractivity contribution in [1.82, 2.24) is 9.97 Å². The molecule has 0 saturated carbocycles. The van der Waals surface area contributed by atoms with E-state index in [4.69, 9.17) is 9.47 Å². The van der Waals surface area contributed by atoms with Gasteiger partial charge in [-0.25, -0.2) is 4.98 Å². The first-order valence-corrected chi connectivity index (χ1v) is 8.07. The molecule has 1 aliphatic heterocycles. The summed E-state index contributed by atoms with van der Waals surface area (Å²) in [6, 6.07) is 2.16. The van der Waals surface area contributed by atoms with Crippen molar-refractivity contribution < 1.29 is 9.47 Å². The number of nitrogens with zero attached hydrogens (tertiary/aromatic N) is 2. The highest BCUT2D eigenvalue weighted by molar-refractivity contribution is 5.29. The van der Waals surface area contributed by atoms with Crippen molar-refractivity contribution in [1.29, 1.82) is 0 Å². The maximum absolute atomic E-state index is 6.00. The van der Waals surface area contributed by atoms with Crippen LogP contribution in [0.25, 0.3) is 0 Å². The Labute approximate surface area is 127 Å². The van der Waals surface area contributed by atoms with Crippen molar-refractivity contribution in [3.8, 4) is 5.88 Å². The lowest BCUT2D eigenvalue weighted by molar-refractivity contribution is -0.0865. The van der Waals surface area contributed by atoms with Gasteiger partial charge in [0, 0.05) is 24.9 Å². The predicted octanol–water partition coefficient (Wildman–Crippen LogP) is 3.42. The monoisotopic (exact) mass is 293 g/mol. The molecule has 21 heavy (non-hydrogen) atoms. The van der Waals surface area contributed by atoms with Gasteiger partial charge in [0.05, 0.1) is 12.2 Å². The number of rotatable bonds is 7. The van der Waals surface area contributed by atoms with Crippen molar-refractivity contribution in [2.45, 2.75) is 64.5 Å². The summed E-state index contributed by atoms with van der Waals surface area (Å²) in [5, 5.41) is 3.44. The van der Waals surface area contributed by atoms with Crippen molar-refractivity contribution >= 4 is 5.95 Å². The zero-order chi connectivity index (χ0) is 15.1. The second-order valence-electron chi connectivity index (χ2n) is 5.64. The van der Waals surface area contributed by atoms with Crippen LogP contribution in [0, 0.1) is 0 Å². The summed E-state index contributed by atoms with van der Waals surface area (Å²) in [7, 11) is 0. The summed E-state index contributed by atoms with van der Waals surface area (Å²) in [6.45, 7) is 7.95. The second-order valence-corrected chi connectivity index (χ2v) is 5.64. The fourth-order valence-corrected chi connectivity index (χ4v) is 2.78. The standard InChI is InChI=1S/C16H27N3O2/c1-4-10-20-14-7-9-17-15(19-14)18-13-8-11-21-16(5-2,6-3)12-13/h7,9,13H,4-6,8,10-12H2,1-3H3,(H,17,18,19). The first kappa shape index (κ1) is 16.0. The van der Waals surface area contributed by atoms with Gasteiger partial charge in [-0.2, -0.15) is 4.98 Å². The Morgan fingerprint density at radius 2 is 2.19 bits per heavy atom. The van der Waals surface area contributed by atoms with E-state index in [-0.39, 0.29) is 5.60 Å². The van der Waals surface area contributed by atoms with Crippen molar-refractivity contribution in [3.05, 3.63) is 12.3 Å². The number of ether oxygens (including phenoxy) is 2. The molecule has 0 aromatic carbocycles. The molecule has 1 fully saturated rings. The maximum Gasteiger partial charge on any atom is 0.226 e. The van der Waals surface area contributed by atoms with Crippen molar-refractivity contribution in [2.24, 2.45) is 0 Å². The third-order valence-electron chi connectivity index (χ3n) is 4.20. The van der Waals surface area contributed by atoms with E-state index in [0.717, 1.165) is 38.7 Å². The number of hydrogen-bond acceptors (Lipinski definition) is 5. The summed E-state index contributed by atoms with van der Waals surface area (Å²) in [6.07, 6.45) is 6.80. The quantitative estimate of drug-likeness (QED) is 0.835. The molecule has 118 valence electrons. The molecule has 0 bridgehead atoms. The van der Waals surface area contributed by atoms with Crippen LogP contribution >= 0.6 is 0 Å². The molecule has 1 saturated heterocycles. The lowest BCUT2D eigenvalue weighted by atomic mass is 9.86. The van der Waals surface area contributed by atoms with Gasteiger partial charge < -0.3 is 14.8 Å². The molecule has 2 rings (SSSR count). The highest BCUT2D eigenvalue weighted by atomic mass is 16.5.